The molecule has 0 unspecified atom stereocenters. The highest BCUT2D eigenvalue weighted by Crippen LogP contribution is 2.32. The first-order valence-corrected chi connectivity index (χ1v) is 31.2. The molecule has 3 amide bonds. The Bertz CT molecular complexity index is 3540. The monoisotopic (exact) mass is 1200 g/mol. The van der Waals surface area contributed by atoms with Gasteiger partial charge in [0.05, 0.1) is 73.6 Å². The molecule has 86 heavy (non-hydrogen) atoms. The number of hydrogen-bond donors (Lipinski definition) is 3. The molecule has 6 aromatic carbocycles. The van der Waals surface area contributed by atoms with E-state index in [9.17, 15) is 14.4 Å². The maximum atomic E-state index is 12.5. The lowest BCUT2D eigenvalue weighted by atomic mass is 9.92. The number of benzene rings is 6. The quantitative estimate of drug-likeness (QED) is 0.0870. The Labute approximate surface area is 515 Å². The van der Waals surface area contributed by atoms with Gasteiger partial charge in [-0.05, 0) is 148 Å². The summed E-state index contributed by atoms with van der Waals surface area (Å²) >= 11 is 12.0. The number of hydrogen-bond acceptors (Lipinski definition) is 7. The molecule has 4 heterocycles. The molecule has 13 nitrogen and oxygen atoms in total. The lowest BCUT2D eigenvalue weighted by Crippen LogP contribution is -2.50. The predicted octanol–water partition coefficient (Wildman–Crippen LogP) is 16.9. The highest BCUT2D eigenvalue weighted by atomic mass is 35.5. The number of furan rings is 3. The first kappa shape index (κ1) is 61.8. The summed E-state index contributed by atoms with van der Waals surface area (Å²) in [5.41, 5.74) is 8.16. The summed E-state index contributed by atoms with van der Waals surface area (Å²) in [5.74, 6) is 0.125. The molecule has 0 spiro atoms. The van der Waals surface area contributed by atoms with Gasteiger partial charge in [-0.1, -0.05) is 90.6 Å². The van der Waals surface area contributed by atoms with Gasteiger partial charge in [-0.3, -0.25) is 14.4 Å². The lowest BCUT2D eigenvalue weighted by molar-refractivity contribution is -0.929. The highest BCUT2D eigenvalue weighted by molar-refractivity contribution is 6.31. The second kappa shape index (κ2) is 27.6. The van der Waals surface area contributed by atoms with Gasteiger partial charge in [0.25, 0.3) is 17.7 Å². The summed E-state index contributed by atoms with van der Waals surface area (Å²) in [6.07, 6.45) is 15.7. The molecule has 2 aliphatic carbocycles. The van der Waals surface area contributed by atoms with Gasteiger partial charge in [0, 0.05) is 72.8 Å². The molecule has 1 aliphatic heterocycles. The van der Waals surface area contributed by atoms with Crippen LogP contribution in [-0.2, 0) is 24.4 Å². The fraction of sp³-hybridized carbons (Fsp3) is 0.366. The summed E-state index contributed by atoms with van der Waals surface area (Å²) < 4.78 is 25.4. The van der Waals surface area contributed by atoms with Crippen LogP contribution in [0.15, 0.2) is 165 Å². The molecule has 3 fully saturated rings. The van der Waals surface area contributed by atoms with Crippen LogP contribution in [0.4, 0.5) is 17.1 Å². The van der Waals surface area contributed by atoms with E-state index in [4.69, 9.17) is 41.2 Å². The van der Waals surface area contributed by atoms with Crippen LogP contribution in [0.3, 0.4) is 0 Å². The van der Waals surface area contributed by atoms with E-state index >= 15 is 0 Å². The zero-order valence-electron chi connectivity index (χ0n) is 50.6. The summed E-state index contributed by atoms with van der Waals surface area (Å²) in [5, 5.41) is 12.6. The highest BCUT2D eigenvalue weighted by Gasteiger charge is 2.33. The second-order valence-corrected chi connectivity index (χ2v) is 26.3. The van der Waals surface area contributed by atoms with E-state index in [0.717, 1.165) is 110 Å². The Balaban J connectivity index is 0.000000143. The van der Waals surface area contributed by atoms with Crippen LogP contribution >= 0.6 is 23.2 Å². The van der Waals surface area contributed by atoms with E-state index in [1.807, 2.05) is 60.7 Å². The van der Waals surface area contributed by atoms with Gasteiger partial charge in [0.2, 0.25) is 0 Å². The van der Waals surface area contributed by atoms with E-state index in [1.54, 1.807) is 54.6 Å². The standard InChI is InChI=1S/C24H27ClN2O2.C24H28N2O2.C23H25ClN2O3/c1-27(2,21-6-4-3-5-7-21)16-17-8-11-20(12-9-17)26-24(28)23-15-18-14-19(25)10-13-22(18)29-23;1-26(2,21-9-4-3-5-10-21)17-18-12-14-20(15-13-18)25-24(27)23-16-19-8-6-7-11-22(19)28-23;1-26(2,20-9-11-28-12-10-20)15-16-3-6-19(7-4-16)25-23(27)22-14-17-13-18(24)5-8-21(17)29-22/h8-15,21H,3-7,16H2,1-2H3;6-8,11-16,21H,3-5,9-10,17H2,1-2H3;3-8,13-14,20H,9-12,15H2,1-2H3/p+3. The van der Waals surface area contributed by atoms with E-state index < -0.39 is 0 Å². The van der Waals surface area contributed by atoms with E-state index in [0.29, 0.717) is 33.0 Å². The molecule has 3 aromatic heterocycles. The number of fused-ring (bicyclic) bond motifs is 3. The number of rotatable bonds is 15. The SMILES string of the molecule is C[N+](C)(Cc1ccc(NC(=O)c2cc3cc(Cl)ccc3o2)cc1)C1CCCCC1.C[N+](C)(Cc1ccc(NC(=O)c2cc3cc(Cl)ccc3o2)cc1)C1CCOCC1.C[N+](C)(Cc1ccc(NC(=O)c2cc3ccccc3o2)cc1)C1CCCCC1. The minimum absolute atomic E-state index is 0.220. The Morgan fingerprint density at radius 2 is 0.721 bits per heavy atom. The molecule has 2 saturated carbocycles. The van der Waals surface area contributed by atoms with E-state index in [1.165, 1.54) is 80.9 Å². The number of nitrogens with one attached hydrogen (secondary N) is 3. The van der Waals surface area contributed by atoms with Crippen LogP contribution in [0.1, 0.15) is 125 Å². The van der Waals surface area contributed by atoms with Crippen molar-refractivity contribution >= 4 is 90.9 Å². The van der Waals surface area contributed by atoms with Gasteiger partial charge in [-0.25, -0.2) is 0 Å². The third kappa shape index (κ3) is 16.2. The van der Waals surface area contributed by atoms with Crippen molar-refractivity contribution in [1.82, 2.24) is 0 Å². The maximum Gasteiger partial charge on any atom is 0.291 e. The van der Waals surface area contributed by atoms with Gasteiger partial charge in [0.15, 0.2) is 17.3 Å². The number of nitrogens with zero attached hydrogens (tertiary/aromatic N) is 3. The molecule has 450 valence electrons. The number of amides is 3. The second-order valence-electron chi connectivity index (χ2n) is 25.4. The molecule has 3 aliphatic rings. The smallest absolute Gasteiger partial charge is 0.291 e. The van der Waals surface area contributed by atoms with Gasteiger partial charge >= 0.3 is 0 Å². The molecular formula is C71H83Cl2N6O7+3. The molecule has 0 bridgehead atoms. The number of carbonyl (C=O) groups is 3. The third-order valence-corrected chi connectivity index (χ3v) is 18.2. The minimum Gasteiger partial charge on any atom is -0.451 e. The molecular weight excluding hydrogens is 1120 g/mol. The predicted molar refractivity (Wildman–Crippen MR) is 347 cm³/mol. The average Bonchev–Trinajstić information content (AvgIpc) is 4.15. The van der Waals surface area contributed by atoms with Crippen molar-refractivity contribution in [2.75, 3.05) is 71.5 Å². The number of para-hydroxylation sites is 1. The Morgan fingerprint density at radius 1 is 0.395 bits per heavy atom. The Kier molecular flexibility index (Phi) is 19.9. The zero-order chi connectivity index (χ0) is 60.4. The van der Waals surface area contributed by atoms with E-state index in [-0.39, 0.29) is 29.2 Å². The molecule has 0 atom stereocenters. The van der Waals surface area contributed by atoms with Crippen molar-refractivity contribution in [2.24, 2.45) is 0 Å². The van der Waals surface area contributed by atoms with Crippen molar-refractivity contribution in [2.45, 2.75) is 115 Å². The summed E-state index contributed by atoms with van der Waals surface area (Å²) in [6, 6.07) is 50.0. The van der Waals surface area contributed by atoms with Gasteiger partial charge < -0.3 is 47.4 Å². The normalized spacial score (nSPS) is 15.6. The number of carbonyl (C=O) groups excluding carboxylic acids is 3. The van der Waals surface area contributed by atoms with Crippen LogP contribution in [0.2, 0.25) is 10.0 Å². The molecule has 15 heteroatoms. The van der Waals surface area contributed by atoms with Crippen LogP contribution in [0.5, 0.6) is 0 Å². The van der Waals surface area contributed by atoms with Gasteiger partial charge in [-0.15, -0.1) is 0 Å². The van der Waals surface area contributed by atoms with Gasteiger partial charge in [0.1, 0.15) is 36.4 Å². The van der Waals surface area contributed by atoms with Crippen molar-refractivity contribution in [3.8, 4) is 0 Å². The largest absolute Gasteiger partial charge is 0.451 e. The van der Waals surface area contributed by atoms with Crippen LogP contribution in [0, 0.1) is 0 Å². The van der Waals surface area contributed by atoms with Crippen LogP contribution in [0.25, 0.3) is 32.9 Å². The summed E-state index contributed by atoms with van der Waals surface area (Å²) in [6.45, 7) is 4.67. The third-order valence-electron chi connectivity index (χ3n) is 17.8. The molecule has 9 aromatic rings. The zero-order valence-corrected chi connectivity index (χ0v) is 52.2. The Morgan fingerprint density at radius 3 is 1.08 bits per heavy atom. The number of ether oxygens (including phenoxy) is 1. The molecule has 12 rings (SSSR count). The fourth-order valence-corrected chi connectivity index (χ4v) is 13.1. The summed E-state index contributed by atoms with van der Waals surface area (Å²) in [7, 11) is 13.9. The van der Waals surface area contributed by atoms with Gasteiger partial charge in [-0.2, -0.15) is 0 Å². The first-order chi connectivity index (χ1) is 41.3. The van der Waals surface area contributed by atoms with Crippen LogP contribution < -0.4 is 16.0 Å². The maximum absolute atomic E-state index is 12.5. The Hall–Kier alpha value is -7.23. The van der Waals surface area contributed by atoms with Crippen LogP contribution in [-0.4, -0.2) is 105 Å². The number of anilines is 3. The number of quaternary nitrogens is 3. The number of halogens is 2. The van der Waals surface area contributed by atoms with Crippen molar-refractivity contribution in [3.05, 3.63) is 196 Å². The minimum atomic E-state index is -0.275. The lowest BCUT2D eigenvalue weighted by Gasteiger charge is -2.40. The average molecular weight is 1200 g/mol. The van der Waals surface area contributed by atoms with Crippen molar-refractivity contribution in [1.29, 1.82) is 0 Å². The first-order valence-electron chi connectivity index (χ1n) is 30.5. The molecule has 1 saturated heterocycles. The fourth-order valence-electron chi connectivity index (χ4n) is 12.7. The van der Waals surface area contributed by atoms with Crippen molar-refractivity contribution in [3.63, 3.8) is 0 Å². The summed E-state index contributed by atoms with van der Waals surface area (Å²) in [4.78, 5) is 37.6. The topological polar surface area (TPSA) is 136 Å². The molecule has 0 radical (unpaired) electrons. The molecule has 3 N–H and O–H groups in total. The van der Waals surface area contributed by atoms with E-state index in [2.05, 4.69) is 94.6 Å². The van der Waals surface area contributed by atoms with Crippen molar-refractivity contribution < 1.29 is 45.8 Å².